The second-order valence-electron chi connectivity index (χ2n) is 2.47. The second-order valence-corrected chi connectivity index (χ2v) is 3.56. The van der Waals surface area contributed by atoms with Crippen molar-refractivity contribution in [3.8, 4) is 0 Å². The van der Waals surface area contributed by atoms with Crippen LogP contribution in [0.5, 0.6) is 0 Å². The highest BCUT2D eigenvalue weighted by atomic mass is 32.2. The lowest BCUT2D eigenvalue weighted by Gasteiger charge is -2.01. The van der Waals surface area contributed by atoms with Crippen LogP contribution in [-0.2, 0) is 0 Å². The molecule has 0 saturated heterocycles. The molecule has 1 aromatic rings. The molecule has 1 N–H and O–H groups in total. The van der Waals surface area contributed by atoms with Crippen LogP contribution in [0.25, 0.3) is 0 Å². The molecule has 0 atom stereocenters. The Morgan fingerprint density at radius 2 is 2.00 bits per heavy atom. The van der Waals surface area contributed by atoms with Crippen molar-refractivity contribution >= 4 is 11.8 Å². The van der Waals surface area contributed by atoms with Crippen LogP contribution in [0.1, 0.15) is 6.42 Å². The monoisotopic (exact) mass is 223 g/mol. The topological polar surface area (TPSA) is 33.1 Å². The zero-order valence-corrected chi connectivity index (χ0v) is 7.95. The minimum Gasteiger partial charge on any atom is -0.396 e. The Morgan fingerprint density at radius 1 is 1.29 bits per heavy atom. The van der Waals surface area contributed by atoms with Gasteiger partial charge in [-0.25, -0.2) is 13.8 Å². The predicted octanol–water partition coefficient (Wildman–Crippen LogP) is 1.97. The average Bonchev–Trinajstić information content (AvgIpc) is 2.14. The van der Waals surface area contributed by atoms with Crippen molar-refractivity contribution in [2.24, 2.45) is 0 Å². The fraction of sp³-hybridized carbons (Fsp3) is 0.375. The summed E-state index contributed by atoms with van der Waals surface area (Å²) in [6.45, 7) is -0.0295. The smallest absolute Gasteiger partial charge is 0.250 e. The molecule has 0 aliphatic heterocycles. The summed E-state index contributed by atoms with van der Waals surface area (Å²) in [6.07, 6.45) is 0.449. The molecule has 1 rings (SSSR count). The van der Waals surface area contributed by atoms with Crippen LogP contribution in [0, 0.1) is 17.6 Å². The minimum absolute atomic E-state index is 0.0295. The molecule has 0 amide bonds. The van der Waals surface area contributed by atoms with Gasteiger partial charge in [-0.2, -0.15) is 4.39 Å². The van der Waals surface area contributed by atoms with Crippen LogP contribution in [0.2, 0.25) is 0 Å². The number of aliphatic hydroxyl groups excluding tert-OH is 1. The van der Waals surface area contributed by atoms with Gasteiger partial charge in [0.2, 0.25) is 5.95 Å². The first-order valence-electron chi connectivity index (χ1n) is 3.90. The van der Waals surface area contributed by atoms with E-state index in [1.54, 1.807) is 0 Å². The van der Waals surface area contributed by atoms with E-state index in [2.05, 4.69) is 4.98 Å². The molecule has 6 heteroatoms. The van der Waals surface area contributed by atoms with Gasteiger partial charge in [0, 0.05) is 18.4 Å². The normalized spacial score (nSPS) is 10.6. The summed E-state index contributed by atoms with van der Waals surface area (Å²) in [4.78, 5) is 3.11. The van der Waals surface area contributed by atoms with Crippen molar-refractivity contribution in [3.05, 3.63) is 23.6 Å². The predicted molar refractivity (Wildman–Crippen MR) is 46.5 cm³/mol. The number of nitrogens with zero attached hydrogens (tertiary/aromatic N) is 1. The molecule has 0 radical (unpaired) electrons. The zero-order chi connectivity index (χ0) is 10.6. The van der Waals surface area contributed by atoms with Gasteiger partial charge in [0.05, 0.1) is 0 Å². The van der Waals surface area contributed by atoms with E-state index in [1.807, 2.05) is 0 Å². The SMILES string of the molecule is OCCCSc1nc(F)c(F)cc1F. The molecule has 78 valence electrons. The van der Waals surface area contributed by atoms with Crippen molar-refractivity contribution in [1.82, 2.24) is 4.98 Å². The van der Waals surface area contributed by atoms with Gasteiger partial charge in [-0.05, 0) is 6.42 Å². The molecule has 0 fully saturated rings. The van der Waals surface area contributed by atoms with Gasteiger partial charge in [-0.15, -0.1) is 11.8 Å². The van der Waals surface area contributed by atoms with E-state index in [9.17, 15) is 13.2 Å². The number of hydrogen-bond acceptors (Lipinski definition) is 3. The molecule has 2 nitrogen and oxygen atoms in total. The molecular weight excluding hydrogens is 215 g/mol. The third-order valence-electron chi connectivity index (χ3n) is 1.40. The van der Waals surface area contributed by atoms with E-state index in [0.717, 1.165) is 11.8 Å². The molecule has 0 unspecified atom stereocenters. The van der Waals surface area contributed by atoms with Gasteiger partial charge >= 0.3 is 0 Å². The summed E-state index contributed by atoms with van der Waals surface area (Å²) in [5.41, 5.74) is 0. The van der Waals surface area contributed by atoms with E-state index in [1.165, 1.54) is 0 Å². The lowest BCUT2D eigenvalue weighted by Crippen LogP contribution is -1.97. The van der Waals surface area contributed by atoms with Crippen molar-refractivity contribution in [2.45, 2.75) is 11.4 Å². The van der Waals surface area contributed by atoms with Crippen molar-refractivity contribution in [3.63, 3.8) is 0 Å². The average molecular weight is 223 g/mol. The van der Waals surface area contributed by atoms with Gasteiger partial charge in [0.25, 0.3) is 0 Å². The number of rotatable bonds is 4. The minimum atomic E-state index is -1.31. The fourth-order valence-corrected chi connectivity index (χ4v) is 1.57. The van der Waals surface area contributed by atoms with E-state index < -0.39 is 17.6 Å². The van der Waals surface area contributed by atoms with Gasteiger partial charge < -0.3 is 5.11 Å². The van der Waals surface area contributed by atoms with Gasteiger partial charge in [-0.1, -0.05) is 0 Å². The summed E-state index contributed by atoms with van der Waals surface area (Å²) < 4.78 is 37.9. The third kappa shape index (κ3) is 2.88. The Balaban J connectivity index is 2.72. The Morgan fingerprint density at radius 3 is 2.64 bits per heavy atom. The molecule has 14 heavy (non-hydrogen) atoms. The quantitative estimate of drug-likeness (QED) is 0.481. The van der Waals surface area contributed by atoms with E-state index in [4.69, 9.17) is 5.11 Å². The van der Waals surface area contributed by atoms with Crippen molar-refractivity contribution < 1.29 is 18.3 Å². The van der Waals surface area contributed by atoms with Crippen LogP contribution in [0.15, 0.2) is 11.1 Å². The van der Waals surface area contributed by atoms with E-state index >= 15 is 0 Å². The summed E-state index contributed by atoms with van der Waals surface area (Å²) in [7, 11) is 0. The Hall–Kier alpha value is -0.750. The number of aromatic nitrogens is 1. The summed E-state index contributed by atoms with van der Waals surface area (Å²) in [5, 5.41) is 8.27. The zero-order valence-electron chi connectivity index (χ0n) is 7.14. The molecule has 0 spiro atoms. The maximum Gasteiger partial charge on any atom is 0.250 e. The Bertz CT molecular complexity index is 322. The first-order valence-corrected chi connectivity index (χ1v) is 4.89. The van der Waals surface area contributed by atoms with Crippen molar-refractivity contribution in [1.29, 1.82) is 0 Å². The van der Waals surface area contributed by atoms with Crippen LogP contribution >= 0.6 is 11.8 Å². The summed E-state index contributed by atoms with van der Waals surface area (Å²) in [5.74, 6) is -3.08. The fourth-order valence-electron chi connectivity index (χ4n) is 0.763. The lowest BCUT2D eigenvalue weighted by molar-refractivity contribution is 0.296. The maximum atomic E-state index is 12.9. The first kappa shape index (κ1) is 11.3. The number of pyridine rings is 1. The van der Waals surface area contributed by atoms with Crippen LogP contribution in [-0.4, -0.2) is 22.5 Å². The third-order valence-corrected chi connectivity index (χ3v) is 2.45. The van der Waals surface area contributed by atoms with Gasteiger partial charge in [-0.3, -0.25) is 0 Å². The summed E-state index contributed by atoms with van der Waals surface area (Å²) >= 11 is 0.942. The van der Waals surface area contributed by atoms with E-state index in [0.29, 0.717) is 18.2 Å². The highest BCUT2D eigenvalue weighted by Crippen LogP contribution is 2.21. The Labute approximate surface area is 83.2 Å². The van der Waals surface area contributed by atoms with Gasteiger partial charge in [0.1, 0.15) is 5.03 Å². The molecular formula is C8H8F3NOS. The van der Waals surface area contributed by atoms with Crippen molar-refractivity contribution in [2.75, 3.05) is 12.4 Å². The first-order chi connectivity index (χ1) is 6.65. The number of thioether (sulfide) groups is 1. The number of aliphatic hydroxyl groups is 1. The van der Waals surface area contributed by atoms with Crippen LogP contribution < -0.4 is 0 Å². The van der Waals surface area contributed by atoms with E-state index in [-0.39, 0.29) is 11.6 Å². The second kappa shape index (κ2) is 5.21. The highest BCUT2D eigenvalue weighted by molar-refractivity contribution is 7.99. The highest BCUT2D eigenvalue weighted by Gasteiger charge is 2.11. The lowest BCUT2D eigenvalue weighted by atomic mass is 10.4. The largest absolute Gasteiger partial charge is 0.396 e. The molecule has 0 aliphatic rings. The maximum absolute atomic E-state index is 12.9. The van der Waals surface area contributed by atoms with Crippen LogP contribution in [0.3, 0.4) is 0 Å². The Kier molecular flexibility index (Phi) is 4.21. The molecule has 0 aromatic carbocycles. The molecule has 1 aromatic heterocycles. The molecule has 0 aliphatic carbocycles. The molecule has 1 heterocycles. The number of halogens is 3. The molecule has 0 bridgehead atoms. The number of hydrogen-bond donors (Lipinski definition) is 1. The van der Waals surface area contributed by atoms with Gasteiger partial charge in [0.15, 0.2) is 11.6 Å². The summed E-state index contributed by atoms with van der Waals surface area (Å²) in [6, 6.07) is 0.462. The molecule has 0 saturated carbocycles. The standard InChI is InChI=1S/C8H8F3NOS/c9-5-4-6(10)8(12-7(5)11)14-3-1-2-13/h4,13H,1-3H2. The van der Waals surface area contributed by atoms with Crippen LogP contribution in [0.4, 0.5) is 13.2 Å².